The second-order valence-electron chi connectivity index (χ2n) is 2.52. The third-order valence-corrected chi connectivity index (χ3v) is 2.19. The van der Waals surface area contributed by atoms with Gasteiger partial charge >= 0.3 is 0 Å². The van der Waals surface area contributed by atoms with Crippen molar-refractivity contribution in [3.05, 3.63) is 22.9 Å². The maximum Gasteiger partial charge on any atom is 0.108 e. The molecule has 0 aliphatic heterocycles. The van der Waals surface area contributed by atoms with Gasteiger partial charge in [-0.2, -0.15) is 5.10 Å². The molecule has 0 bridgehead atoms. The van der Waals surface area contributed by atoms with Crippen LogP contribution in [0.15, 0.2) is 22.9 Å². The summed E-state index contributed by atoms with van der Waals surface area (Å²) < 4.78 is 2.91. The first-order chi connectivity index (χ1) is 5.81. The van der Waals surface area contributed by atoms with Gasteiger partial charge in [-0.15, -0.1) is 0 Å². The molecule has 0 spiro atoms. The first-order valence-corrected chi connectivity index (χ1v) is 4.57. The van der Waals surface area contributed by atoms with E-state index in [9.17, 15) is 0 Å². The van der Waals surface area contributed by atoms with E-state index < -0.39 is 0 Å². The molecule has 0 aliphatic carbocycles. The molecule has 0 aromatic carbocycles. The second-order valence-corrected chi connectivity index (χ2v) is 3.43. The van der Waals surface area contributed by atoms with Crippen molar-refractivity contribution in [2.24, 2.45) is 0 Å². The molecule has 0 saturated heterocycles. The van der Waals surface area contributed by atoms with E-state index in [1.807, 2.05) is 10.7 Å². The van der Waals surface area contributed by atoms with Crippen molar-refractivity contribution >= 4 is 27.0 Å². The van der Waals surface area contributed by atoms with E-state index in [4.69, 9.17) is 0 Å². The molecule has 12 heavy (non-hydrogen) atoms. The fourth-order valence-electron chi connectivity index (χ4n) is 1.18. The third kappa shape index (κ3) is 1.12. The van der Waals surface area contributed by atoms with Crippen molar-refractivity contribution < 1.29 is 0 Å². The summed E-state index contributed by atoms with van der Waals surface area (Å²) in [6, 6.07) is 2.03. The van der Waals surface area contributed by atoms with Gasteiger partial charge in [0.15, 0.2) is 0 Å². The number of rotatable bonds is 1. The lowest BCUT2D eigenvalue weighted by atomic mass is 10.4. The first kappa shape index (κ1) is 7.73. The van der Waals surface area contributed by atoms with Gasteiger partial charge in [0.1, 0.15) is 5.52 Å². The van der Waals surface area contributed by atoms with Crippen LogP contribution in [0.25, 0.3) is 11.0 Å². The van der Waals surface area contributed by atoms with Crippen molar-refractivity contribution in [3.63, 3.8) is 0 Å². The molecule has 62 valence electrons. The standard InChI is InChI=1S/C8H8BrN3/c1-2-12-8-3-6(9)4-10-7(8)5-11-12/h3-5H,2H2,1H3. The van der Waals surface area contributed by atoms with Gasteiger partial charge in [0.2, 0.25) is 0 Å². The molecule has 0 amide bonds. The van der Waals surface area contributed by atoms with Gasteiger partial charge in [0.05, 0.1) is 11.7 Å². The number of pyridine rings is 1. The predicted octanol–water partition coefficient (Wildman–Crippen LogP) is 2.21. The van der Waals surface area contributed by atoms with Gasteiger partial charge < -0.3 is 0 Å². The highest BCUT2D eigenvalue weighted by atomic mass is 79.9. The normalized spacial score (nSPS) is 10.8. The van der Waals surface area contributed by atoms with Crippen LogP contribution in [0.4, 0.5) is 0 Å². The van der Waals surface area contributed by atoms with Gasteiger partial charge in [-0.25, -0.2) is 0 Å². The largest absolute Gasteiger partial charge is 0.263 e. The molecule has 3 nitrogen and oxygen atoms in total. The van der Waals surface area contributed by atoms with E-state index in [0.717, 1.165) is 22.1 Å². The molecular weight excluding hydrogens is 218 g/mol. The molecule has 2 aromatic heterocycles. The summed E-state index contributed by atoms with van der Waals surface area (Å²) in [5, 5.41) is 4.19. The third-order valence-electron chi connectivity index (χ3n) is 1.76. The van der Waals surface area contributed by atoms with Gasteiger partial charge in [0.25, 0.3) is 0 Å². The van der Waals surface area contributed by atoms with Crippen LogP contribution in [0, 0.1) is 0 Å². The van der Waals surface area contributed by atoms with Crippen molar-refractivity contribution in [2.45, 2.75) is 13.5 Å². The van der Waals surface area contributed by atoms with E-state index in [2.05, 4.69) is 32.9 Å². The SMILES string of the molecule is CCn1ncc2ncc(Br)cc21. The van der Waals surface area contributed by atoms with Crippen LogP contribution in [0.1, 0.15) is 6.92 Å². The minimum Gasteiger partial charge on any atom is -0.263 e. The average Bonchev–Trinajstić information content (AvgIpc) is 2.46. The second kappa shape index (κ2) is 2.86. The molecule has 0 fully saturated rings. The van der Waals surface area contributed by atoms with Crippen molar-refractivity contribution in [2.75, 3.05) is 0 Å². The van der Waals surface area contributed by atoms with Crippen LogP contribution in [0.5, 0.6) is 0 Å². The highest BCUT2D eigenvalue weighted by molar-refractivity contribution is 9.10. The zero-order valence-corrected chi connectivity index (χ0v) is 8.24. The maximum atomic E-state index is 4.22. The lowest BCUT2D eigenvalue weighted by molar-refractivity contribution is 0.684. The highest BCUT2D eigenvalue weighted by Crippen LogP contribution is 2.16. The molecule has 0 radical (unpaired) electrons. The number of halogens is 1. The van der Waals surface area contributed by atoms with E-state index >= 15 is 0 Å². The zero-order chi connectivity index (χ0) is 8.55. The smallest absolute Gasteiger partial charge is 0.108 e. The monoisotopic (exact) mass is 225 g/mol. The number of hydrogen-bond acceptors (Lipinski definition) is 2. The van der Waals surface area contributed by atoms with E-state index in [0.29, 0.717) is 0 Å². The zero-order valence-electron chi connectivity index (χ0n) is 6.66. The Hall–Kier alpha value is -0.900. The summed E-state index contributed by atoms with van der Waals surface area (Å²) in [6.07, 6.45) is 3.56. The van der Waals surface area contributed by atoms with E-state index in [-0.39, 0.29) is 0 Å². The molecule has 4 heteroatoms. The lowest BCUT2D eigenvalue weighted by Crippen LogP contribution is -1.95. The molecule has 0 aliphatic rings. The van der Waals surface area contributed by atoms with Crippen LogP contribution in [0.2, 0.25) is 0 Å². The maximum absolute atomic E-state index is 4.22. The number of aromatic nitrogens is 3. The van der Waals surface area contributed by atoms with Crippen LogP contribution in [-0.4, -0.2) is 14.8 Å². The molecule has 0 saturated carbocycles. The fourth-order valence-corrected chi connectivity index (χ4v) is 1.50. The van der Waals surface area contributed by atoms with Crippen LogP contribution < -0.4 is 0 Å². The summed E-state index contributed by atoms with van der Waals surface area (Å²) in [5.74, 6) is 0. The molecule has 2 rings (SSSR count). The van der Waals surface area contributed by atoms with Crippen LogP contribution >= 0.6 is 15.9 Å². The van der Waals surface area contributed by atoms with E-state index in [1.165, 1.54) is 0 Å². The number of nitrogens with zero attached hydrogens (tertiary/aromatic N) is 3. The minimum atomic E-state index is 0.877. The lowest BCUT2D eigenvalue weighted by Gasteiger charge is -1.97. The van der Waals surface area contributed by atoms with Gasteiger partial charge in [-0.1, -0.05) is 0 Å². The summed E-state index contributed by atoms with van der Waals surface area (Å²) >= 11 is 3.38. The van der Waals surface area contributed by atoms with Crippen molar-refractivity contribution in [3.8, 4) is 0 Å². The van der Waals surface area contributed by atoms with Gasteiger partial charge in [-0.05, 0) is 28.9 Å². The van der Waals surface area contributed by atoms with Gasteiger partial charge in [-0.3, -0.25) is 9.67 Å². The summed E-state index contributed by atoms with van der Waals surface area (Å²) in [4.78, 5) is 4.22. The summed E-state index contributed by atoms with van der Waals surface area (Å²) in [7, 11) is 0. The molecular formula is C8H8BrN3. The fraction of sp³-hybridized carbons (Fsp3) is 0.250. The Morgan fingerprint density at radius 2 is 2.33 bits per heavy atom. The van der Waals surface area contributed by atoms with Crippen LogP contribution in [-0.2, 0) is 6.54 Å². The topological polar surface area (TPSA) is 30.7 Å². The van der Waals surface area contributed by atoms with Crippen molar-refractivity contribution in [1.29, 1.82) is 0 Å². The Morgan fingerprint density at radius 1 is 1.50 bits per heavy atom. The molecule has 2 aromatic rings. The Balaban J connectivity index is 2.75. The summed E-state index contributed by atoms with van der Waals surface area (Å²) in [5.41, 5.74) is 2.02. The predicted molar refractivity (Wildman–Crippen MR) is 50.9 cm³/mol. The van der Waals surface area contributed by atoms with Crippen LogP contribution in [0.3, 0.4) is 0 Å². The highest BCUT2D eigenvalue weighted by Gasteiger charge is 2.01. The Kier molecular flexibility index (Phi) is 1.84. The first-order valence-electron chi connectivity index (χ1n) is 3.78. The Bertz CT molecular complexity index is 408. The number of fused-ring (bicyclic) bond motifs is 1. The Labute approximate surface area is 78.5 Å². The molecule has 0 atom stereocenters. The van der Waals surface area contributed by atoms with Crippen molar-refractivity contribution in [1.82, 2.24) is 14.8 Å². The van der Waals surface area contributed by atoms with E-state index in [1.54, 1.807) is 12.4 Å². The average molecular weight is 226 g/mol. The minimum absolute atomic E-state index is 0.877. The molecule has 2 heterocycles. The summed E-state index contributed by atoms with van der Waals surface area (Å²) in [6.45, 7) is 2.94. The molecule has 0 N–H and O–H groups in total. The number of aryl methyl sites for hydroxylation is 1. The number of hydrogen-bond donors (Lipinski definition) is 0. The Morgan fingerprint density at radius 3 is 3.08 bits per heavy atom. The quantitative estimate of drug-likeness (QED) is 0.746. The van der Waals surface area contributed by atoms with Gasteiger partial charge in [0, 0.05) is 17.2 Å². The molecule has 0 unspecified atom stereocenters.